The zero-order valence-corrected chi connectivity index (χ0v) is 14.4. The van der Waals surface area contributed by atoms with Crippen LogP contribution in [0.3, 0.4) is 0 Å². The predicted octanol–water partition coefficient (Wildman–Crippen LogP) is 3.05. The number of methoxy groups -OCH3 is 1. The van der Waals surface area contributed by atoms with Crippen molar-refractivity contribution in [2.24, 2.45) is 5.92 Å². The van der Waals surface area contributed by atoms with E-state index in [-0.39, 0.29) is 11.8 Å². The standard InChI is InChI=1S/C17H20N2O3S/c1-10(2)13(17(21)22-4)19-16(20)15-14(18-11(3)23-15)12-8-6-5-7-9-12/h5-10,13H,1-4H3,(H,19,20)/t13-/m0/s1. The molecule has 0 bridgehead atoms. The van der Waals surface area contributed by atoms with Crippen molar-refractivity contribution >= 4 is 23.2 Å². The molecule has 2 aromatic rings. The van der Waals surface area contributed by atoms with Gasteiger partial charge in [0.05, 0.1) is 17.8 Å². The molecule has 1 heterocycles. The summed E-state index contributed by atoms with van der Waals surface area (Å²) >= 11 is 1.32. The number of thiazole rings is 1. The van der Waals surface area contributed by atoms with Crippen molar-refractivity contribution in [1.29, 1.82) is 0 Å². The number of rotatable bonds is 5. The molecule has 5 nitrogen and oxygen atoms in total. The third-order valence-electron chi connectivity index (χ3n) is 3.40. The first-order chi connectivity index (χ1) is 10.9. The van der Waals surface area contributed by atoms with Crippen LogP contribution in [-0.2, 0) is 9.53 Å². The Labute approximate surface area is 139 Å². The SMILES string of the molecule is COC(=O)[C@@H](NC(=O)c1sc(C)nc1-c1ccccc1)C(C)C. The summed E-state index contributed by atoms with van der Waals surface area (Å²) in [6.45, 7) is 5.57. The molecular weight excluding hydrogens is 312 g/mol. The molecule has 1 N–H and O–H groups in total. The zero-order valence-electron chi connectivity index (χ0n) is 13.6. The minimum absolute atomic E-state index is 0.0689. The van der Waals surface area contributed by atoms with E-state index in [1.165, 1.54) is 18.4 Å². The molecule has 23 heavy (non-hydrogen) atoms. The van der Waals surface area contributed by atoms with E-state index in [4.69, 9.17) is 4.74 Å². The molecule has 0 fully saturated rings. The first-order valence-corrected chi connectivity index (χ1v) is 8.17. The van der Waals surface area contributed by atoms with Crippen molar-refractivity contribution in [3.8, 4) is 11.3 Å². The summed E-state index contributed by atoms with van der Waals surface area (Å²) in [6, 6.07) is 8.85. The third kappa shape index (κ3) is 3.96. The molecule has 0 unspecified atom stereocenters. The van der Waals surface area contributed by atoms with Crippen LogP contribution in [-0.4, -0.2) is 30.0 Å². The minimum atomic E-state index is -0.682. The number of aryl methyl sites for hydroxylation is 1. The Morgan fingerprint density at radius 1 is 1.22 bits per heavy atom. The van der Waals surface area contributed by atoms with Gasteiger partial charge in [-0.3, -0.25) is 4.79 Å². The van der Waals surface area contributed by atoms with Gasteiger partial charge in [0.15, 0.2) is 0 Å². The average Bonchev–Trinajstić information content (AvgIpc) is 2.94. The highest BCUT2D eigenvalue weighted by atomic mass is 32.1. The largest absolute Gasteiger partial charge is 0.467 e. The van der Waals surface area contributed by atoms with Gasteiger partial charge in [0.2, 0.25) is 0 Å². The number of esters is 1. The van der Waals surface area contributed by atoms with Crippen molar-refractivity contribution in [2.75, 3.05) is 7.11 Å². The Bertz CT molecular complexity index is 695. The van der Waals surface area contributed by atoms with Gasteiger partial charge < -0.3 is 10.1 Å². The van der Waals surface area contributed by atoms with Gasteiger partial charge in [0, 0.05) is 5.56 Å². The van der Waals surface area contributed by atoms with Gasteiger partial charge in [-0.05, 0) is 12.8 Å². The highest BCUT2D eigenvalue weighted by Gasteiger charge is 2.27. The maximum Gasteiger partial charge on any atom is 0.328 e. The second-order valence-electron chi connectivity index (χ2n) is 5.49. The van der Waals surface area contributed by atoms with Crippen molar-refractivity contribution in [3.63, 3.8) is 0 Å². The number of aromatic nitrogens is 1. The van der Waals surface area contributed by atoms with E-state index in [1.807, 2.05) is 51.1 Å². The summed E-state index contributed by atoms with van der Waals surface area (Å²) in [6.07, 6.45) is 0. The van der Waals surface area contributed by atoms with Crippen molar-refractivity contribution in [1.82, 2.24) is 10.3 Å². The van der Waals surface area contributed by atoms with Crippen LogP contribution in [0.1, 0.15) is 28.5 Å². The molecule has 6 heteroatoms. The highest BCUT2D eigenvalue weighted by molar-refractivity contribution is 7.14. The highest BCUT2D eigenvalue weighted by Crippen LogP contribution is 2.28. The van der Waals surface area contributed by atoms with Crippen LogP contribution in [0.15, 0.2) is 30.3 Å². The van der Waals surface area contributed by atoms with E-state index in [0.29, 0.717) is 10.6 Å². The number of carbonyl (C=O) groups is 2. The molecule has 0 aliphatic rings. The van der Waals surface area contributed by atoms with E-state index < -0.39 is 12.0 Å². The fourth-order valence-corrected chi connectivity index (χ4v) is 3.05. The molecule has 122 valence electrons. The molecule has 0 spiro atoms. The first kappa shape index (κ1) is 17.1. The van der Waals surface area contributed by atoms with E-state index in [9.17, 15) is 9.59 Å². The molecule has 0 saturated carbocycles. The van der Waals surface area contributed by atoms with Crippen molar-refractivity contribution in [2.45, 2.75) is 26.8 Å². The number of hydrogen-bond donors (Lipinski definition) is 1. The number of ether oxygens (including phenoxy) is 1. The summed E-state index contributed by atoms with van der Waals surface area (Å²) in [5.74, 6) is -0.824. The van der Waals surface area contributed by atoms with Crippen molar-refractivity contribution in [3.05, 3.63) is 40.2 Å². The topological polar surface area (TPSA) is 68.3 Å². The lowest BCUT2D eigenvalue weighted by atomic mass is 10.0. The van der Waals surface area contributed by atoms with Gasteiger partial charge in [-0.25, -0.2) is 9.78 Å². The zero-order chi connectivity index (χ0) is 17.0. The van der Waals surface area contributed by atoms with E-state index in [2.05, 4.69) is 10.3 Å². The smallest absolute Gasteiger partial charge is 0.328 e. The van der Waals surface area contributed by atoms with Gasteiger partial charge in [0.25, 0.3) is 5.91 Å². The summed E-state index contributed by atoms with van der Waals surface area (Å²) < 4.78 is 4.76. The lowest BCUT2D eigenvalue weighted by Crippen LogP contribution is -2.44. The minimum Gasteiger partial charge on any atom is -0.467 e. The van der Waals surface area contributed by atoms with E-state index >= 15 is 0 Å². The molecular formula is C17H20N2O3S. The normalized spacial score (nSPS) is 12.0. The van der Waals surface area contributed by atoms with Crippen LogP contribution in [0.2, 0.25) is 0 Å². The molecule has 0 aliphatic carbocycles. The maximum absolute atomic E-state index is 12.6. The lowest BCUT2D eigenvalue weighted by molar-refractivity contribution is -0.144. The molecule has 2 rings (SSSR count). The molecule has 0 saturated heterocycles. The van der Waals surface area contributed by atoms with Crippen LogP contribution in [0.5, 0.6) is 0 Å². The average molecular weight is 332 g/mol. The Morgan fingerprint density at radius 3 is 2.43 bits per heavy atom. The summed E-state index contributed by atoms with van der Waals surface area (Å²) in [5.41, 5.74) is 1.51. The number of amides is 1. The van der Waals surface area contributed by atoms with Crippen LogP contribution in [0.4, 0.5) is 0 Å². The molecule has 1 aromatic heterocycles. The first-order valence-electron chi connectivity index (χ1n) is 7.35. The predicted molar refractivity (Wildman–Crippen MR) is 90.4 cm³/mol. The molecule has 0 radical (unpaired) electrons. The Hall–Kier alpha value is -2.21. The van der Waals surface area contributed by atoms with Gasteiger partial charge in [-0.15, -0.1) is 11.3 Å². The van der Waals surface area contributed by atoms with E-state index in [0.717, 1.165) is 10.6 Å². The lowest BCUT2D eigenvalue weighted by Gasteiger charge is -2.19. The quantitative estimate of drug-likeness (QED) is 0.855. The molecule has 1 amide bonds. The number of hydrogen-bond acceptors (Lipinski definition) is 5. The number of benzene rings is 1. The summed E-state index contributed by atoms with van der Waals surface area (Å²) in [4.78, 5) is 29.4. The Kier molecular flexibility index (Phi) is 5.50. The number of nitrogens with one attached hydrogen (secondary N) is 1. The number of carbonyl (C=O) groups excluding carboxylic acids is 2. The summed E-state index contributed by atoms with van der Waals surface area (Å²) in [5, 5.41) is 3.56. The molecule has 1 atom stereocenters. The monoisotopic (exact) mass is 332 g/mol. The van der Waals surface area contributed by atoms with Gasteiger partial charge in [-0.2, -0.15) is 0 Å². The van der Waals surface area contributed by atoms with Gasteiger partial charge in [0.1, 0.15) is 10.9 Å². The second-order valence-corrected chi connectivity index (χ2v) is 6.70. The van der Waals surface area contributed by atoms with Crippen LogP contribution >= 0.6 is 11.3 Å². The maximum atomic E-state index is 12.6. The Balaban J connectivity index is 2.31. The van der Waals surface area contributed by atoms with E-state index in [1.54, 1.807) is 0 Å². The van der Waals surface area contributed by atoms with Gasteiger partial charge in [-0.1, -0.05) is 44.2 Å². The molecule has 0 aliphatic heterocycles. The van der Waals surface area contributed by atoms with Gasteiger partial charge >= 0.3 is 5.97 Å². The summed E-state index contributed by atoms with van der Waals surface area (Å²) in [7, 11) is 1.32. The van der Waals surface area contributed by atoms with Crippen molar-refractivity contribution < 1.29 is 14.3 Å². The fourth-order valence-electron chi connectivity index (χ4n) is 2.20. The number of nitrogens with zero attached hydrogens (tertiary/aromatic N) is 1. The fraction of sp³-hybridized carbons (Fsp3) is 0.353. The molecule has 1 aromatic carbocycles. The second kappa shape index (κ2) is 7.37. The third-order valence-corrected chi connectivity index (χ3v) is 4.37. The van der Waals surface area contributed by atoms with Crippen LogP contribution in [0, 0.1) is 12.8 Å². The van der Waals surface area contributed by atoms with Crippen LogP contribution < -0.4 is 5.32 Å². The Morgan fingerprint density at radius 2 is 1.87 bits per heavy atom. The van der Waals surface area contributed by atoms with Crippen LogP contribution in [0.25, 0.3) is 11.3 Å².